The minimum absolute atomic E-state index is 0.0579. The van der Waals surface area contributed by atoms with Gasteiger partial charge in [-0.2, -0.15) is 0 Å². The maximum absolute atomic E-state index is 11.9. The van der Waals surface area contributed by atoms with E-state index in [0.717, 1.165) is 5.57 Å². The molecule has 2 aromatic carbocycles. The molecular formula is C32H48O8Si. The van der Waals surface area contributed by atoms with Crippen LogP contribution in [0.25, 0.3) is 11.1 Å². The third kappa shape index (κ3) is 6.03. The van der Waals surface area contributed by atoms with Gasteiger partial charge in [0, 0.05) is 11.5 Å². The first kappa shape index (κ1) is 32.6. The molecule has 1 heterocycles. The summed E-state index contributed by atoms with van der Waals surface area (Å²) >= 11 is 0. The van der Waals surface area contributed by atoms with E-state index in [1.54, 1.807) is 28.4 Å². The molecule has 9 heteroatoms. The highest BCUT2D eigenvalue weighted by molar-refractivity contribution is 6.77. The van der Waals surface area contributed by atoms with Crippen molar-refractivity contribution in [2.75, 3.05) is 41.8 Å². The van der Waals surface area contributed by atoms with Crippen molar-refractivity contribution in [1.82, 2.24) is 0 Å². The molecule has 1 aliphatic rings. The molecule has 1 aliphatic heterocycles. The Labute approximate surface area is 246 Å². The molecule has 2 atom stereocenters. The van der Waals surface area contributed by atoms with E-state index >= 15 is 0 Å². The van der Waals surface area contributed by atoms with Crippen molar-refractivity contribution in [3.05, 3.63) is 35.9 Å². The Morgan fingerprint density at radius 2 is 1.37 bits per heavy atom. The highest BCUT2D eigenvalue weighted by atomic mass is 28.4. The number of ether oxygens (including phenoxy) is 6. The molecule has 2 aromatic rings. The van der Waals surface area contributed by atoms with Crippen LogP contribution in [0, 0.1) is 5.92 Å². The molecular weight excluding hydrogens is 540 g/mol. The zero-order valence-electron chi connectivity index (χ0n) is 26.5. The van der Waals surface area contributed by atoms with Gasteiger partial charge in [0.2, 0.25) is 26.6 Å². The molecule has 8 nitrogen and oxygen atoms in total. The minimum Gasteiger partial charge on any atom is -0.493 e. The molecule has 0 unspecified atom stereocenters. The van der Waals surface area contributed by atoms with Crippen molar-refractivity contribution < 1.29 is 38.0 Å². The van der Waals surface area contributed by atoms with Gasteiger partial charge < -0.3 is 38.0 Å². The molecule has 0 fully saturated rings. The Kier molecular flexibility index (Phi) is 10.7. The topological polar surface area (TPSA) is 84.8 Å². The summed E-state index contributed by atoms with van der Waals surface area (Å²) < 4.78 is 41.0. The fourth-order valence-corrected chi connectivity index (χ4v) is 11.8. The fraction of sp³-hybridized carbons (Fsp3) is 0.562. The number of aliphatic hydroxyl groups is 1. The van der Waals surface area contributed by atoms with Crippen molar-refractivity contribution in [1.29, 1.82) is 0 Å². The molecule has 1 N–H and O–H groups in total. The first-order chi connectivity index (χ1) is 19.4. The Morgan fingerprint density at radius 3 is 1.83 bits per heavy atom. The van der Waals surface area contributed by atoms with Gasteiger partial charge in [-0.1, -0.05) is 55.0 Å². The molecule has 41 heavy (non-hydrogen) atoms. The number of hydrogen-bond donors (Lipinski definition) is 1. The lowest BCUT2D eigenvalue weighted by Crippen LogP contribution is -2.48. The van der Waals surface area contributed by atoms with E-state index in [1.807, 2.05) is 25.1 Å². The summed E-state index contributed by atoms with van der Waals surface area (Å²) in [6.07, 6.45) is -0.947. The Balaban J connectivity index is 2.10. The number of rotatable bonds is 14. The number of aliphatic hydroxyl groups excluding tert-OH is 1. The third-order valence-corrected chi connectivity index (χ3v) is 14.5. The predicted octanol–water partition coefficient (Wildman–Crippen LogP) is 7.53. The second-order valence-corrected chi connectivity index (χ2v) is 17.0. The predicted molar refractivity (Wildman–Crippen MR) is 164 cm³/mol. The standard InChI is InChI=1S/C32H48O8Si/c1-18(2)41(19(3)4,20(5)6)40-16-21(7)22(8)29(33)24-15-27-31(39-17-38-27)32(37-12)28(24)23-13-25(34-9)30(36-11)26(14-23)35-10/h13-15,18-20,22,29,33H,7,16-17H2,1-6,8-12H3/t22-,29+/m0/s1. The Bertz CT molecular complexity index is 1180. The summed E-state index contributed by atoms with van der Waals surface area (Å²) in [5.74, 6) is 2.51. The highest BCUT2D eigenvalue weighted by Gasteiger charge is 2.45. The van der Waals surface area contributed by atoms with Crippen LogP contribution in [0.5, 0.6) is 34.5 Å². The van der Waals surface area contributed by atoms with E-state index in [2.05, 4.69) is 48.1 Å². The van der Waals surface area contributed by atoms with Gasteiger partial charge in [0.15, 0.2) is 23.0 Å². The summed E-state index contributed by atoms with van der Waals surface area (Å²) in [6, 6.07) is 5.47. The molecule has 0 bridgehead atoms. The Morgan fingerprint density at radius 1 is 0.829 bits per heavy atom. The summed E-state index contributed by atoms with van der Waals surface area (Å²) in [5.41, 5.74) is 4.10. The number of hydrogen-bond acceptors (Lipinski definition) is 8. The lowest BCUT2D eigenvalue weighted by Gasteiger charge is -2.42. The second-order valence-electron chi connectivity index (χ2n) is 11.5. The zero-order valence-corrected chi connectivity index (χ0v) is 27.5. The van der Waals surface area contributed by atoms with E-state index < -0.39 is 14.4 Å². The molecule has 0 saturated carbocycles. The minimum atomic E-state index is -2.11. The maximum Gasteiger partial charge on any atom is 0.231 e. The van der Waals surface area contributed by atoms with E-state index in [-0.39, 0.29) is 12.7 Å². The van der Waals surface area contributed by atoms with Crippen molar-refractivity contribution in [2.45, 2.75) is 71.2 Å². The first-order valence-electron chi connectivity index (χ1n) is 14.2. The lowest BCUT2D eigenvalue weighted by molar-refractivity contribution is 0.127. The molecule has 0 aliphatic carbocycles. The average Bonchev–Trinajstić information content (AvgIpc) is 3.42. The molecule has 0 saturated heterocycles. The van der Waals surface area contributed by atoms with Gasteiger partial charge in [0.1, 0.15) is 0 Å². The zero-order chi connectivity index (χ0) is 30.6. The van der Waals surface area contributed by atoms with Crippen LogP contribution in [0.3, 0.4) is 0 Å². The van der Waals surface area contributed by atoms with Gasteiger partial charge >= 0.3 is 0 Å². The van der Waals surface area contributed by atoms with Crippen LogP contribution < -0.4 is 28.4 Å². The van der Waals surface area contributed by atoms with Crippen molar-refractivity contribution in [3.63, 3.8) is 0 Å². The van der Waals surface area contributed by atoms with Crippen LogP contribution in [0.4, 0.5) is 0 Å². The Hall–Kier alpha value is -2.88. The van der Waals surface area contributed by atoms with E-state index in [0.29, 0.717) is 74.4 Å². The smallest absolute Gasteiger partial charge is 0.231 e. The van der Waals surface area contributed by atoms with E-state index in [1.165, 1.54) is 0 Å². The highest BCUT2D eigenvalue weighted by Crippen LogP contribution is 2.53. The quantitative estimate of drug-likeness (QED) is 0.179. The van der Waals surface area contributed by atoms with Crippen molar-refractivity contribution >= 4 is 8.32 Å². The van der Waals surface area contributed by atoms with Gasteiger partial charge in [-0.15, -0.1) is 0 Å². The van der Waals surface area contributed by atoms with E-state index in [9.17, 15) is 5.11 Å². The van der Waals surface area contributed by atoms with Gasteiger partial charge in [-0.3, -0.25) is 0 Å². The fourth-order valence-electron chi connectivity index (χ4n) is 6.32. The van der Waals surface area contributed by atoms with Crippen LogP contribution in [0.2, 0.25) is 16.6 Å². The summed E-state index contributed by atoms with van der Waals surface area (Å²) in [5, 5.41) is 11.9. The van der Waals surface area contributed by atoms with Crippen LogP contribution in [0.1, 0.15) is 60.1 Å². The SMILES string of the molecule is C=C(CO[Si](C(C)C)(C(C)C)C(C)C)[C@H](C)[C@@H](O)c1cc2c(c(OC)c1-c1cc(OC)c(OC)c(OC)c1)OCO2. The second kappa shape index (κ2) is 13.4. The first-order valence-corrected chi connectivity index (χ1v) is 16.3. The molecule has 228 valence electrons. The molecule has 3 rings (SSSR count). The van der Waals surface area contributed by atoms with Gasteiger partial charge in [0.25, 0.3) is 0 Å². The molecule has 0 radical (unpaired) electrons. The number of methoxy groups -OCH3 is 4. The average molecular weight is 589 g/mol. The van der Waals surface area contributed by atoms with Crippen LogP contribution in [-0.2, 0) is 4.43 Å². The van der Waals surface area contributed by atoms with Gasteiger partial charge in [0.05, 0.1) is 41.2 Å². The monoisotopic (exact) mass is 588 g/mol. The number of fused-ring (bicyclic) bond motifs is 1. The van der Waals surface area contributed by atoms with E-state index in [4.69, 9.17) is 32.8 Å². The van der Waals surface area contributed by atoms with Gasteiger partial charge in [-0.05, 0) is 51.5 Å². The van der Waals surface area contributed by atoms with Crippen LogP contribution in [0.15, 0.2) is 30.4 Å². The van der Waals surface area contributed by atoms with Crippen LogP contribution in [-0.4, -0.2) is 55.3 Å². The summed E-state index contributed by atoms with van der Waals surface area (Å²) in [6.45, 7) is 20.3. The maximum atomic E-state index is 11.9. The summed E-state index contributed by atoms with van der Waals surface area (Å²) in [7, 11) is 4.14. The van der Waals surface area contributed by atoms with Crippen LogP contribution >= 0.6 is 0 Å². The normalized spacial score (nSPS) is 14.4. The lowest BCUT2D eigenvalue weighted by atomic mass is 9.86. The summed E-state index contributed by atoms with van der Waals surface area (Å²) in [4.78, 5) is 0. The largest absolute Gasteiger partial charge is 0.493 e. The molecule has 0 amide bonds. The van der Waals surface area contributed by atoms with Crippen molar-refractivity contribution in [2.24, 2.45) is 5.92 Å². The molecule has 0 aromatic heterocycles. The molecule has 0 spiro atoms. The third-order valence-electron chi connectivity index (χ3n) is 8.46. The van der Waals surface area contributed by atoms with Crippen molar-refractivity contribution in [3.8, 4) is 45.6 Å². The number of benzene rings is 2. The van der Waals surface area contributed by atoms with Gasteiger partial charge in [-0.25, -0.2) is 0 Å².